The number of isothiocyanates is 1. The number of nitrogens with one attached hydrogen (secondary N) is 4. The minimum atomic E-state index is -4.54. The van der Waals surface area contributed by atoms with Gasteiger partial charge in [-0.25, -0.2) is 0 Å². The van der Waals surface area contributed by atoms with Crippen LogP contribution in [0.5, 0.6) is 0 Å². The number of halogens is 9. The Labute approximate surface area is 324 Å². The molecule has 6 N–H and O–H groups in total. The van der Waals surface area contributed by atoms with Gasteiger partial charge >= 0.3 is 63.7 Å². The van der Waals surface area contributed by atoms with Crippen molar-refractivity contribution in [1.82, 2.24) is 25.7 Å². The predicted octanol–water partition coefficient (Wildman–Crippen LogP) is 4.60. The molecule has 0 atom stereocenters. The normalized spacial score (nSPS) is 10.1. The Morgan fingerprint density at radius 3 is 1.61 bits per heavy atom. The van der Waals surface area contributed by atoms with Crippen molar-refractivity contribution in [2.75, 3.05) is 11.1 Å². The molecule has 0 aliphatic heterocycles. The van der Waals surface area contributed by atoms with Crippen molar-refractivity contribution in [1.29, 1.82) is 0 Å². The van der Waals surface area contributed by atoms with Gasteiger partial charge < -0.3 is 16.5 Å². The van der Waals surface area contributed by atoms with Crippen LogP contribution in [0.25, 0.3) is 5.41 Å². The number of hydrogen-bond acceptors (Lipinski definition) is 7. The monoisotopic (exact) mass is 770 g/mol. The summed E-state index contributed by atoms with van der Waals surface area (Å²) < 4.78 is 72.2. The van der Waals surface area contributed by atoms with Gasteiger partial charge in [0.2, 0.25) is 0 Å². The quantitative estimate of drug-likeness (QED) is 0.0664. The van der Waals surface area contributed by atoms with Crippen LogP contribution in [0.3, 0.4) is 0 Å². The van der Waals surface area contributed by atoms with E-state index in [2.05, 4.69) is 33.0 Å². The first-order valence-electron chi connectivity index (χ1n) is 11.2. The van der Waals surface area contributed by atoms with E-state index in [1.807, 2.05) is 5.10 Å². The zero-order valence-corrected chi connectivity index (χ0v) is 29.8. The molecule has 2 aromatic carbocycles. The number of nitrogens with two attached hydrogens (primary N) is 1. The Bertz CT molecular complexity index is 1610. The smallest absolute Gasteiger partial charge is 0.753 e. The Morgan fingerprint density at radius 2 is 1.26 bits per heavy atom. The Hall–Kier alpha value is -2.42. The van der Waals surface area contributed by atoms with Gasteiger partial charge in [0.1, 0.15) is 17.2 Å². The van der Waals surface area contributed by atoms with E-state index >= 15 is 0 Å². The zero-order chi connectivity index (χ0) is 34.4. The largest absolute Gasteiger partial charge is 1.00 e. The molecule has 0 fully saturated rings. The van der Waals surface area contributed by atoms with E-state index in [0.29, 0.717) is 21.2 Å². The fourth-order valence-corrected chi connectivity index (χ4v) is 3.09. The Kier molecular flexibility index (Phi) is 19.6. The van der Waals surface area contributed by atoms with E-state index in [9.17, 15) is 35.9 Å². The minimum Gasteiger partial charge on any atom is -0.753 e. The van der Waals surface area contributed by atoms with Crippen LogP contribution in [0.15, 0.2) is 60.7 Å². The number of H-pyrrole nitrogens is 2. The van der Waals surface area contributed by atoms with Crippen molar-refractivity contribution >= 4 is 92.3 Å². The van der Waals surface area contributed by atoms with Crippen LogP contribution in [0.1, 0.15) is 32.1 Å². The van der Waals surface area contributed by atoms with Gasteiger partial charge in [0.15, 0.2) is 10.9 Å². The van der Waals surface area contributed by atoms with Gasteiger partial charge in [-0.05, 0) is 72.3 Å². The average Bonchev–Trinajstić information content (AvgIpc) is 3.60. The molecule has 0 saturated heterocycles. The zero-order valence-electron chi connectivity index (χ0n) is 22.7. The number of carbonyl (C=O) groups is 2. The SMILES string of the molecule is Nc1cc(C(F)(F)F)[nH]n1.O=C(Cl)c1ccc(Cl)cc1.O=C(NC(=S)Nc1cc(C(F)(F)F)[nH]n1)c1ccc(Cl)cc1.[K+].[N-]=C=S. The maximum absolute atomic E-state index is 12.4. The second kappa shape index (κ2) is 20.7. The van der Waals surface area contributed by atoms with Crippen LogP contribution in [-0.2, 0) is 12.4 Å². The molecule has 0 aliphatic rings. The molecule has 0 saturated carbocycles. The second-order valence-corrected chi connectivity index (χ2v) is 9.46. The number of carbonyl (C=O) groups excluding carboxylic acids is 2. The van der Waals surface area contributed by atoms with Gasteiger partial charge in [-0.15, -0.1) is 0 Å². The standard InChI is InChI=1S/C12H8ClF3N4OS.C7H4Cl2O.C4H4F3N3.CNS.K/c13-7-3-1-6(2-4-7)10(21)18-11(22)17-9-5-8(19-20-9)12(14,15)16;8-6-3-1-5(2-4-6)7(9)10;5-4(6,7)2-1-3(8)10-9-2;2-1-3;/h1-5H,(H3,17,18,19,20,21,22);1-4H;1H,(H3,8,9,10);;/q;;;-1;+1. The predicted molar refractivity (Wildman–Crippen MR) is 164 cm³/mol. The number of hydrogen-bond donors (Lipinski definition) is 5. The van der Waals surface area contributed by atoms with Crippen molar-refractivity contribution < 1.29 is 87.3 Å². The average molecular weight is 772 g/mol. The summed E-state index contributed by atoms with van der Waals surface area (Å²) in [5.74, 6) is -0.846. The fraction of sp³-hybridized carbons (Fsp3) is 0.0833. The van der Waals surface area contributed by atoms with Crippen LogP contribution < -0.4 is 67.8 Å². The van der Waals surface area contributed by atoms with Crippen molar-refractivity contribution in [3.05, 3.63) is 98.6 Å². The molecule has 0 spiro atoms. The first kappa shape index (κ1) is 43.6. The van der Waals surface area contributed by atoms with Gasteiger partial charge in [-0.2, -0.15) is 41.7 Å². The van der Waals surface area contributed by atoms with E-state index in [4.69, 9.17) is 58.2 Å². The summed E-state index contributed by atoms with van der Waals surface area (Å²) in [5, 5.41) is 23.7. The maximum Gasteiger partial charge on any atom is 1.00 e. The summed E-state index contributed by atoms with van der Waals surface area (Å²) in [7, 11) is 0. The number of anilines is 2. The molecule has 10 nitrogen and oxygen atoms in total. The number of thiocarbonyl (C=S) groups is 2. The van der Waals surface area contributed by atoms with Crippen molar-refractivity contribution in [3.8, 4) is 0 Å². The Morgan fingerprint density at radius 1 is 0.848 bits per heavy atom. The first-order chi connectivity index (χ1) is 20.9. The molecule has 46 heavy (non-hydrogen) atoms. The number of benzene rings is 2. The van der Waals surface area contributed by atoms with E-state index in [1.54, 1.807) is 29.4 Å². The summed E-state index contributed by atoms with van der Waals surface area (Å²) >= 11 is 25.0. The van der Waals surface area contributed by atoms with Gasteiger partial charge in [0, 0.05) is 33.3 Å². The van der Waals surface area contributed by atoms with Gasteiger partial charge in [0.05, 0.1) is 0 Å². The fourth-order valence-electron chi connectivity index (χ4n) is 2.52. The molecule has 22 heteroatoms. The van der Waals surface area contributed by atoms with Crippen molar-refractivity contribution in [2.45, 2.75) is 12.4 Å². The van der Waals surface area contributed by atoms with E-state index < -0.39 is 34.9 Å². The van der Waals surface area contributed by atoms with Crippen molar-refractivity contribution in [3.63, 3.8) is 0 Å². The second-order valence-electron chi connectivity index (χ2n) is 7.66. The van der Waals surface area contributed by atoms with E-state index in [1.165, 1.54) is 29.4 Å². The van der Waals surface area contributed by atoms with E-state index in [0.717, 1.165) is 12.1 Å². The van der Waals surface area contributed by atoms with Gasteiger partial charge in [0.25, 0.3) is 11.1 Å². The molecule has 1 amide bonds. The number of rotatable bonds is 3. The molecule has 0 radical (unpaired) electrons. The van der Waals surface area contributed by atoms with Crippen LogP contribution in [0, 0.1) is 0 Å². The number of nitrogen functional groups attached to an aromatic ring is 1. The molecule has 0 unspecified atom stereocenters. The van der Waals surface area contributed by atoms with Crippen LogP contribution in [0.2, 0.25) is 10.0 Å². The molecule has 4 rings (SSSR count). The molecule has 4 aromatic rings. The molecule has 0 bridgehead atoms. The number of alkyl halides is 6. The molecule has 2 heterocycles. The summed E-state index contributed by atoms with van der Waals surface area (Å²) in [6.45, 7) is 0. The van der Waals surface area contributed by atoms with Crippen molar-refractivity contribution in [2.24, 2.45) is 0 Å². The van der Waals surface area contributed by atoms with Crippen LogP contribution in [0.4, 0.5) is 38.0 Å². The molecular formula is C24H16Cl3F6KN8O2S2. The first-order valence-corrected chi connectivity index (χ1v) is 13.2. The van der Waals surface area contributed by atoms with Gasteiger partial charge in [-0.1, -0.05) is 35.4 Å². The maximum atomic E-state index is 12.4. The topological polar surface area (TPSA) is 164 Å². The summed E-state index contributed by atoms with van der Waals surface area (Å²) in [5.41, 5.74) is 3.74. The molecule has 0 aliphatic carbocycles. The molecule has 240 valence electrons. The molecule has 2 aromatic heterocycles. The van der Waals surface area contributed by atoms with Crippen LogP contribution in [-0.4, -0.2) is 41.8 Å². The minimum absolute atomic E-state index is 0. The third-order valence-electron chi connectivity index (χ3n) is 4.43. The summed E-state index contributed by atoms with van der Waals surface area (Å²) in [6, 6.07) is 13.9. The number of aromatic amines is 2. The third-order valence-corrected chi connectivity index (χ3v) is 5.36. The number of nitrogens with zero attached hydrogens (tertiary/aromatic N) is 3. The third kappa shape index (κ3) is 16.9. The van der Waals surface area contributed by atoms with Gasteiger partial charge in [-0.3, -0.25) is 25.1 Å². The number of amides is 1. The van der Waals surface area contributed by atoms with E-state index in [-0.39, 0.29) is 68.1 Å². The summed E-state index contributed by atoms with van der Waals surface area (Å²) in [4.78, 5) is 22.3. The number of aromatic nitrogens is 4. The van der Waals surface area contributed by atoms with Crippen LogP contribution >= 0.6 is 59.2 Å². The summed E-state index contributed by atoms with van der Waals surface area (Å²) in [6.07, 6.45) is -8.92. The molecular weight excluding hydrogens is 756 g/mol. The Balaban J connectivity index is 0.000000702.